The van der Waals surface area contributed by atoms with Gasteiger partial charge in [0.15, 0.2) is 0 Å². The highest BCUT2D eigenvalue weighted by atomic mass is 16.5. The first kappa shape index (κ1) is 12.9. The lowest BCUT2D eigenvalue weighted by atomic mass is 10.0. The molecule has 3 nitrogen and oxygen atoms in total. The van der Waals surface area contributed by atoms with Crippen LogP contribution in [0.3, 0.4) is 0 Å². The number of ether oxygens (including phenoxy) is 1. The SMILES string of the molecule is CCCCOCCN1CCNC(C)(C)C1. The lowest BCUT2D eigenvalue weighted by Gasteiger charge is -2.39. The van der Waals surface area contributed by atoms with Gasteiger partial charge >= 0.3 is 0 Å². The van der Waals surface area contributed by atoms with Crippen LogP contribution >= 0.6 is 0 Å². The number of piperazine rings is 1. The molecule has 3 heteroatoms. The van der Waals surface area contributed by atoms with Crippen LogP contribution < -0.4 is 5.32 Å². The number of rotatable bonds is 6. The molecule has 0 aliphatic carbocycles. The molecule has 0 unspecified atom stereocenters. The third-order valence-corrected chi connectivity index (χ3v) is 2.84. The van der Waals surface area contributed by atoms with Crippen LogP contribution in [0.5, 0.6) is 0 Å². The van der Waals surface area contributed by atoms with Gasteiger partial charge < -0.3 is 10.1 Å². The molecule has 0 spiro atoms. The molecule has 0 amide bonds. The highest BCUT2D eigenvalue weighted by Gasteiger charge is 2.24. The van der Waals surface area contributed by atoms with Gasteiger partial charge in [0, 0.05) is 38.3 Å². The van der Waals surface area contributed by atoms with Crippen molar-refractivity contribution in [2.75, 3.05) is 39.4 Å². The summed E-state index contributed by atoms with van der Waals surface area (Å²) in [6, 6.07) is 0. The minimum absolute atomic E-state index is 0.266. The highest BCUT2D eigenvalue weighted by molar-refractivity contribution is 4.86. The van der Waals surface area contributed by atoms with E-state index >= 15 is 0 Å². The van der Waals surface area contributed by atoms with Crippen molar-refractivity contribution in [2.24, 2.45) is 0 Å². The zero-order valence-electron chi connectivity index (χ0n) is 10.5. The number of unbranched alkanes of at least 4 members (excludes halogenated alkanes) is 1. The number of nitrogens with one attached hydrogen (secondary N) is 1. The Hall–Kier alpha value is -0.120. The predicted octanol–water partition coefficient (Wildman–Crippen LogP) is 1.49. The van der Waals surface area contributed by atoms with Crippen LogP contribution in [-0.2, 0) is 4.74 Å². The van der Waals surface area contributed by atoms with Crippen LogP contribution in [0.15, 0.2) is 0 Å². The summed E-state index contributed by atoms with van der Waals surface area (Å²) in [7, 11) is 0. The summed E-state index contributed by atoms with van der Waals surface area (Å²) < 4.78 is 5.58. The van der Waals surface area contributed by atoms with Crippen LogP contribution in [0.2, 0.25) is 0 Å². The smallest absolute Gasteiger partial charge is 0.0593 e. The van der Waals surface area contributed by atoms with Gasteiger partial charge in [-0.15, -0.1) is 0 Å². The van der Waals surface area contributed by atoms with Crippen LogP contribution in [0.4, 0.5) is 0 Å². The average Bonchev–Trinajstić information content (AvgIpc) is 2.16. The van der Waals surface area contributed by atoms with E-state index in [2.05, 4.69) is 31.0 Å². The Morgan fingerprint density at radius 1 is 1.33 bits per heavy atom. The van der Waals surface area contributed by atoms with Crippen molar-refractivity contribution >= 4 is 0 Å². The monoisotopic (exact) mass is 214 g/mol. The van der Waals surface area contributed by atoms with Gasteiger partial charge in [-0.05, 0) is 20.3 Å². The summed E-state index contributed by atoms with van der Waals surface area (Å²) in [4.78, 5) is 2.49. The van der Waals surface area contributed by atoms with E-state index in [9.17, 15) is 0 Å². The number of hydrogen-bond donors (Lipinski definition) is 1. The molecule has 0 radical (unpaired) electrons. The second kappa shape index (κ2) is 6.46. The standard InChI is InChI=1S/C12H26N2O/c1-4-5-9-15-10-8-14-7-6-13-12(2,3)11-14/h13H,4-11H2,1-3H3. The summed E-state index contributed by atoms with van der Waals surface area (Å²) in [5.41, 5.74) is 0.266. The quantitative estimate of drug-likeness (QED) is 0.678. The van der Waals surface area contributed by atoms with E-state index in [0.717, 1.165) is 39.4 Å². The first-order chi connectivity index (χ1) is 7.14. The molecule has 1 aliphatic heterocycles. The molecule has 0 bridgehead atoms. The van der Waals surface area contributed by atoms with E-state index in [1.165, 1.54) is 12.8 Å². The van der Waals surface area contributed by atoms with Gasteiger partial charge in [-0.1, -0.05) is 13.3 Å². The van der Waals surface area contributed by atoms with Crippen molar-refractivity contribution in [3.63, 3.8) is 0 Å². The maximum absolute atomic E-state index is 5.58. The minimum Gasteiger partial charge on any atom is -0.380 e. The van der Waals surface area contributed by atoms with Gasteiger partial charge in [-0.3, -0.25) is 4.90 Å². The summed E-state index contributed by atoms with van der Waals surface area (Å²) in [6.07, 6.45) is 2.41. The molecule has 1 aliphatic rings. The fourth-order valence-electron chi connectivity index (χ4n) is 1.98. The summed E-state index contributed by atoms with van der Waals surface area (Å²) >= 11 is 0. The lowest BCUT2D eigenvalue weighted by molar-refractivity contribution is 0.0788. The van der Waals surface area contributed by atoms with Gasteiger partial charge in [0.25, 0.3) is 0 Å². The Kier molecular flexibility index (Phi) is 5.58. The van der Waals surface area contributed by atoms with Crippen LogP contribution in [0.1, 0.15) is 33.6 Å². The second-order valence-corrected chi connectivity index (χ2v) is 5.05. The third kappa shape index (κ3) is 5.50. The normalized spacial score (nSPS) is 21.8. The Balaban J connectivity index is 2.05. The zero-order chi connectivity index (χ0) is 11.1. The Bertz CT molecular complexity index is 171. The van der Waals surface area contributed by atoms with Gasteiger partial charge in [0.2, 0.25) is 0 Å². The maximum Gasteiger partial charge on any atom is 0.0593 e. The Labute approximate surface area is 94.2 Å². The molecule has 0 aromatic carbocycles. The van der Waals surface area contributed by atoms with Crippen molar-refractivity contribution in [3.8, 4) is 0 Å². The van der Waals surface area contributed by atoms with Gasteiger partial charge in [-0.25, -0.2) is 0 Å². The van der Waals surface area contributed by atoms with Gasteiger partial charge in [-0.2, -0.15) is 0 Å². The van der Waals surface area contributed by atoms with E-state index in [4.69, 9.17) is 4.74 Å². The molecular weight excluding hydrogens is 188 g/mol. The van der Waals surface area contributed by atoms with Crippen molar-refractivity contribution in [1.29, 1.82) is 0 Å². The average molecular weight is 214 g/mol. The molecule has 1 rings (SSSR count). The molecule has 1 saturated heterocycles. The van der Waals surface area contributed by atoms with E-state index in [1.54, 1.807) is 0 Å². The molecule has 0 aromatic rings. The molecule has 0 aromatic heterocycles. The molecule has 90 valence electrons. The largest absolute Gasteiger partial charge is 0.380 e. The molecule has 0 saturated carbocycles. The first-order valence-corrected chi connectivity index (χ1v) is 6.19. The van der Waals surface area contributed by atoms with Crippen molar-refractivity contribution < 1.29 is 4.74 Å². The third-order valence-electron chi connectivity index (χ3n) is 2.84. The molecule has 15 heavy (non-hydrogen) atoms. The number of hydrogen-bond acceptors (Lipinski definition) is 3. The Morgan fingerprint density at radius 2 is 2.13 bits per heavy atom. The van der Waals surface area contributed by atoms with Crippen molar-refractivity contribution in [2.45, 2.75) is 39.2 Å². The summed E-state index contributed by atoms with van der Waals surface area (Å²) in [5.74, 6) is 0. The number of nitrogens with zero attached hydrogens (tertiary/aromatic N) is 1. The molecular formula is C12H26N2O. The minimum atomic E-state index is 0.266. The maximum atomic E-state index is 5.58. The molecule has 1 heterocycles. The summed E-state index contributed by atoms with van der Waals surface area (Å²) in [5, 5.41) is 3.52. The van der Waals surface area contributed by atoms with Crippen LogP contribution in [-0.4, -0.2) is 49.8 Å². The molecule has 1 N–H and O–H groups in total. The Morgan fingerprint density at radius 3 is 2.80 bits per heavy atom. The van der Waals surface area contributed by atoms with E-state index in [1.807, 2.05) is 0 Å². The topological polar surface area (TPSA) is 24.5 Å². The van der Waals surface area contributed by atoms with Crippen LogP contribution in [0.25, 0.3) is 0 Å². The molecule has 1 fully saturated rings. The van der Waals surface area contributed by atoms with E-state index < -0.39 is 0 Å². The van der Waals surface area contributed by atoms with E-state index in [-0.39, 0.29) is 5.54 Å². The lowest BCUT2D eigenvalue weighted by Crippen LogP contribution is -2.57. The first-order valence-electron chi connectivity index (χ1n) is 6.19. The van der Waals surface area contributed by atoms with Gasteiger partial charge in [0.1, 0.15) is 0 Å². The molecule has 0 atom stereocenters. The second-order valence-electron chi connectivity index (χ2n) is 5.05. The fourth-order valence-corrected chi connectivity index (χ4v) is 1.98. The zero-order valence-corrected chi connectivity index (χ0v) is 10.5. The van der Waals surface area contributed by atoms with E-state index in [0.29, 0.717) is 0 Å². The van der Waals surface area contributed by atoms with Gasteiger partial charge in [0.05, 0.1) is 6.61 Å². The fraction of sp³-hybridized carbons (Fsp3) is 1.00. The van der Waals surface area contributed by atoms with Crippen LogP contribution in [0, 0.1) is 0 Å². The highest BCUT2D eigenvalue weighted by Crippen LogP contribution is 2.09. The van der Waals surface area contributed by atoms with Crippen molar-refractivity contribution in [3.05, 3.63) is 0 Å². The summed E-state index contributed by atoms with van der Waals surface area (Å²) in [6.45, 7) is 13.0. The van der Waals surface area contributed by atoms with Crippen molar-refractivity contribution in [1.82, 2.24) is 10.2 Å². The predicted molar refractivity (Wildman–Crippen MR) is 64.2 cm³/mol.